The highest BCUT2D eigenvalue weighted by atomic mass is 31.2. The largest absolute Gasteiger partial charge is 0.417 e. The number of aromatic nitrogens is 2. The predicted octanol–water partition coefficient (Wildman–Crippen LogP) is 1.90. The minimum absolute atomic E-state index is 0.0107. The minimum Gasteiger partial charge on any atom is -0.383 e. The van der Waals surface area contributed by atoms with E-state index in [0.29, 0.717) is 57.1 Å². The predicted molar refractivity (Wildman–Crippen MR) is 155 cm³/mol. The highest BCUT2D eigenvalue weighted by Crippen LogP contribution is 2.42. The van der Waals surface area contributed by atoms with E-state index in [1.54, 1.807) is 43.3 Å². The fourth-order valence-corrected chi connectivity index (χ4v) is 5.14. The fourth-order valence-electron chi connectivity index (χ4n) is 3.92. The minimum atomic E-state index is -4.36. The van der Waals surface area contributed by atoms with Gasteiger partial charge >= 0.3 is 19.7 Å². The number of hydrogen-bond acceptors (Lipinski definition) is 11. The van der Waals surface area contributed by atoms with Crippen LogP contribution < -0.4 is 15.5 Å². The summed E-state index contributed by atoms with van der Waals surface area (Å²) < 4.78 is 28.1. The van der Waals surface area contributed by atoms with Crippen molar-refractivity contribution in [2.24, 2.45) is 0 Å². The van der Waals surface area contributed by atoms with Gasteiger partial charge in [0.2, 0.25) is 0 Å². The maximum Gasteiger partial charge on any atom is 0.417 e. The van der Waals surface area contributed by atoms with Crippen LogP contribution in [-0.4, -0.2) is 110 Å². The SMILES string of the molecule is CCCCOP(=O)(O)CC(NC(=O)c1cc(N(C)CCOC)nc(-c2ccccc2)n1)C(=O)OC(=O)N1CCNCC1. The van der Waals surface area contributed by atoms with Crippen molar-refractivity contribution in [2.75, 3.05) is 71.2 Å². The van der Waals surface area contributed by atoms with Gasteiger partial charge in [-0.2, -0.15) is 0 Å². The average molecular weight is 607 g/mol. The highest BCUT2D eigenvalue weighted by Gasteiger charge is 2.35. The number of piperazine rings is 1. The summed E-state index contributed by atoms with van der Waals surface area (Å²) in [6.45, 7) is 4.45. The number of methoxy groups -OCH3 is 1. The van der Waals surface area contributed by atoms with E-state index < -0.39 is 37.8 Å². The number of rotatable bonds is 14. The van der Waals surface area contributed by atoms with Crippen molar-refractivity contribution in [2.45, 2.75) is 25.8 Å². The van der Waals surface area contributed by atoms with Gasteiger partial charge in [-0.25, -0.2) is 19.6 Å². The number of ether oxygens (including phenoxy) is 2. The topological polar surface area (TPSA) is 173 Å². The molecular weight excluding hydrogens is 567 g/mol. The second-order valence-corrected chi connectivity index (χ2v) is 11.6. The third-order valence-electron chi connectivity index (χ3n) is 6.36. The van der Waals surface area contributed by atoms with Crippen LogP contribution >= 0.6 is 7.60 Å². The van der Waals surface area contributed by atoms with E-state index in [1.807, 2.05) is 13.0 Å². The number of amides is 2. The number of unbranched alkanes of at least 4 members (excludes halogenated alkanes) is 1. The Kier molecular flexibility index (Phi) is 12.8. The first-order chi connectivity index (χ1) is 20.1. The molecule has 2 unspecified atom stereocenters. The molecule has 2 amide bonds. The molecular formula is C27H39N6O8P. The van der Waals surface area contributed by atoms with Gasteiger partial charge in [0.1, 0.15) is 17.6 Å². The van der Waals surface area contributed by atoms with Crippen LogP contribution in [0.3, 0.4) is 0 Å². The molecule has 3 N–H and O–H groups in total. The first kappa shape index (κ1) is 33.1. The second-order valence-electron chi connectivity index (χ2n) is 9.67. The molecule has 3 rings (SSSR count). The Labute approximate surface area is 245 Å². The van der Waals surface area contributed by atoms with E-state index in [0.717, 1.165) is 6.42 Å². The van der Waals surface area contributed by atoms with Gasteiger partial charge in [-0.05, 0) is 6.42 Å². The number of esters is 1. The number of nitrogens with one attached hydrogen (secondary N) is 2. The third kappa shape index (κ3) is 10.1. The molecule has 1 aliphatic heterocycles. The van der Waals surface area contributed by atoms with E-state index in [1.165, 1.54) is 11.0 Å². The van der Waals surface area contributed by atoms with Crippen molar-refractivity contribution in [3.05, 3.63) is 42.1 Å². The first-order valence-electron chi connectivity index (χ1n) is 13.8. The number of likely N-dealkylation sites (N-methyl/N-ethyl adjacent to an activating group) is 1. The van der Waals surface area contributed by atoms with E-state index in [9.17, 15) is 23.8 Å². The molecule has 0 aliphatic carbocycles. The lowest BCUT2D eigenvalue weighted by atomic mass is 10.2. The quantitative estimate of drug-likeness (QED) is 0.124. The summed E-state index contributed by atoms with van der Waals surface area (Å²) >= 11 is 0. The monoisotopic (exact) mass is 606 g/mol. The van der Waals surface area contributed by atoms with E-state index in [2.05, 4.69) is 20.6 Å². The number of hydrogen-bond donors (Lipinski definition) is 3. The van der Waals surface area contributed by atoms with Gasteiger partial charge in [0.15, 0.2) is 5.82 Å². The molecule has 15 heteroatoms. The van der Waals surface area contributed by atoms with Crippen LogP contribution in [0.5, 0.6) is 0 Å². The zero-order valence-corrected chi connectivity index (χ0v) is 25.0. The first-order valence-corrected chi connectivity index (χ1v) is 15.5. The molecule has 2 aromatic rings. The van der Waals surface area contributed by atoms with Crippen LogP contribution in [0.2, 0.25) is 0 Å². The van der Waals surface area contributed by atoms with Gasteiger partial charge in [0.25, 0.3) is 5.91 Å². The molecule has 0 saturated carbocycles. The lowest BCUT2D eigenvalue weighted by molar-refractivity contribution is -0.140. The Morgan fingerprint density at radius 1 is 1.17 bits per heavy atom. The Hall–Kier alpha value is -3.42. The molecule has 0 radical (unpaired) electrons. The number of benzene rings is 1. The molecule has 2 heterocycles. The lowest BCUT2D eigenvalue weighted by Gasteiger charge is -2.27. The summed E-state index contributed by atoms with van der Waals surface area (Å²) in [4.78, 5) is 61.7. The van der Waals surface area contributed by atoms with Crippen molar-refractivity contribution >= 4 is 31.4 Å². The Balaban J connectivity index is 1.88. The molecule has 1 aromatic heterocycles. The van der Waals surface area contributed by atoms with Gasteiger partial charge < -0.3 is 39.3 Å². The molecule has 14 nitrogen and oxygen atoms in total. The molecule has 230 valence electrons. The second kappa shape index (κ2) is 16.3. The van der Waals surface area contributed by atoms with Crippen molar-refractivity contribution in [1.82, 2.24) is 25.5 Å². The van der Waals surface area contributed by atoms with E-state index in [-0.39, 0.29) is 18.1 Å². The normalized spacial score (nSPS) is 15.4. The molecule has 2 atom stereocenters. The van der Waals surface area contributed by atoms with Gasteiger partial charge in [-0.3, -0.25) is 9.36 Å². The molecule has 0 spiro atoms. The van der Waals surface area contributed by atoms with Crippen molar-refractivity contribution in [3.8, 4) is 11.4 Å². The molecule has 1 aromatic carbocycles. The molecule has 1 aliphatic rings. The lowest BCUT2D eigenvalue weighted by Crippen LogP contribution is -2.50. The third-order valence-corrected chi connectivity index (χ3v) is 7.77. The summed E-state index contributed by atoms with van der Waals surface area (Å²) in [6.07, 6.45) is -0.459. The maximum absolute atomic E-state index is 13.5. The molecule has 0 bridgehead atoms. The van der Waals surface area contributed by atoms with E-state index in [4.69, 9.17) is 14.0 Å². The van der Waals surface area contributed by atoms with Gasteiger partial charge in [0, 0.05) is 58.5 Å². The number of carbonyl (C=O) groups is 3. The summed E-state index contributed by atoms with van der Waals surface area (Å²) in [5.41, 5.74) is 0.546. The van der Waals surface area contributed by atoms with Crippen LogP contribution in [0, 0.1) is 0 Å². The van der Waals surface area contributed by atoms with Gasteiger partial charge in [-0.15, -0.1) is 0 Å². The van der Waals surface area contributed by atoms with E-state index >= 15 is 0 Å². The van der Waals surface area contributed by atoms with Crippen molar-refractivity contribution < 1.29 is 37.8 Å². The van der Waals surface area contributed by atoms with Gasteiger partial charge in [-0.1, -0.05) is 43.7 Å². The number of nitrogens with zero attached hydrogens (tertiary/aromatic N) is 4. The average Bonchev–Trinajstić information content (AvgIpc) is 3.00. The molecule has 1 saturated heterocycles. The smallest absolute Gasteiger partial charge is 0.383 e. The Bertz CT molecular complexity index is 1240. The number of anilines is 1. The van der Waals surface area contributed by atoms with Crippen LogP contribution in [0.4, 0.5) is 10.6 Å². The van der Waals surface area contributed by atoms with Crippen LogP contribution in [0.25, 0.3) is 11.4 Å². The zero-order chi connectivity index (χ0) is 30.5. The van der Waals surface area contributed by atoms with Crippen LogP contribution in [0.15, 0.2) is 36.4 Å². The van der Waals surface area contributed by atoms with Crippen molar-refractivity contribution in [1.29, 1.82) is 0 Å². The number of carbonyl (C=O) groups excluding carboxylic acids is 3. The standard InChI is InChI=1S/C27H39N6O8P/c1-4-5-16-40-42(37,38)19-22(26(35)41-27(36)33-13-11-28-12-14-33)30-25(34)21-18-23(32(2)15-17-39-3)31-24(29-21)20-9-7-6-8-10-20/h6-10,18,22,28H,4-5,11-17,19H2,1-3H3,(H,30,34)(H,37,38). The molecule has 1 fully saturated rings. The highest BCUT2D eigenvalue weighted by molar-refractivity contribution is 7.52. The fraction of sp³-hybridized carbons (Fsp3) is 0.519. The maximum atomic E-state index is 13.5. The van der Waals surface area contributed by atoms with Crippen molar-refractivity contribution in [3.63, 3.8) is 0 Å². The molecule has 42 heavy (non-hydrogen) atoms. The summed E-state index contributed by atoms with van der Waals surface area (Å²) in [5.74, 6) is -1.35. The Morgan fingerprint density at radius 2 is 1.88 bits per heavy atom. The van der Waals surface area contributed by atoms with Crippen LogP contribution in [0.1, 0.15) is 30.3 Å². The zero-order valence-electron chi connectivity index (χ0n) is 24.2. The van der Waals surface area contributed by atoms with Crippen LogP contribution in [-0.2, 0) is 23.4 Å². The van der Waals surface area contributed by atoms with Gasteiger partial charge in [0.05, 0.1) is 19.4 Å². The summed E-state index contributed by atoms with van der Waals surface area (Å²) in [5, 5.41) is 5.52. The Morgan fingerprint density at radius 3 is 2.55 bits per heavy atom. The summed E-state index contributed by atoms with van der Waals surface area (Å²) in [7, 11) is -1.01. The summed E-state index contributed by atoms with van der Waals surface area (Å²) in [6, 6.07) is 8.77.